The highest BCUT2D eigenvalue weighted by atomic mass is 35.5. The number of halogens is 2. The molecule has 2 amide bonds. The monoisotopic (exact) mass is 430 g/mol. The lowest BCUT2D eigenvalue weighted by molar-refractivity contribution is -0.136. The molecule has 0 fully saturated rings. The van der Waals surface area contributed by atoms with Gasteiger partial charge in [-0.05, 0) is 30.7 Å². The Hall–Kier alpha value is -2.30. The molecule has 0 radical (unpaired) electrons. The van der Waals surface area contributed by atoms with E-state index >= 15 is 0 Å². The van der Waals surface area contributed by atoms with Gasteiger partial charge in [-0.2, -0.15) is 0 Å². The first kappa shape index (κ1) is 21.4. The Kier molecular flexibility index (Phi) is 6.99. The van der Waals surface area contributed by atoms with Crippen molar-refractivity contribution in [3.63, 3.8) is 0 Å². The van der Waals surface area contributed by atoms with Crippen LogP contribution in [-0.4, -0.2) is 30.3 Å². The molecular weight excluding hydrogens is 407 g/mol. The second-order valence-corrected chi connectivity index (χ2v) is 7.91. The molecule has 2 aromatic rings. The fraction of sp³-hybridized carbons (Fsp3) is 0.304. The van der Waals surface area contributed by atoms with Crippen molar-refractivity contribution in [1.29, 1.82) is 0 Å². The van der Waals surface area contributed by atoms with Crippen molar-refractivity contribution >= 4 is 46.3 Å². The summed E-state index contributed by atoms with van der Waals surface area (Å²) in [7, 11) is 1.79. The maximum atomic E-state index is 13.3. The lowest BCUT2D eigenvalue weighted by Crippen LogP contribution is -2.35. The average molecular weight is 431 g/mol. The van der Waals surface area contributed by atoms with Gasteiger partial charge in [-0.25, -0.2) is 0 Å². The van der Waals surface area contributed by atoms with E-state index < -0.39 is 0 Å². The Balaban J connectivity index is 2.04. The second-order valence-electron chi connectivity index (χ2n) is 7.06. The molecule has 1 aliphatic rings. The maximum absolute atomic E-state index is 13.3. The highest BCUT2D eigenvalue weighted by Gasteiger charge is 2.41. The summed E-state index contributed by atoms with van der Waals surface area (Å²) in [5.74, 6) is -0.604. The SMILES string of the molecule is CCCCCCN1C(=O)C(c2ccc(Cl)cc2Cl)=C(N(C)c2ccccc2)C1=O. The number of imide groups is 1. The predicted octanol–water partition coefficient (Wildman–Crippen LogP) is 5.79. The highest BCUT2D eigenvalue weighted by Crippen LogP contribution is 2.37. The van der Waals surface area contributed by atoms with Gasteiger partial charge in [0.1, 0.15) is 5.70 Å². The minimum Gasteiger partial charge on any atom is -0.339 e. The number of benzene rings is 2. The van der Waals surface area contributed by atoms with Gasteiger partial charge in [0, 0.05) is 29.9 Å². The van der Waals surface area contributed by atoms with Crippen LogP contribution in [0.3, 0.4) is 0 Å². The number of carbonyl (C=O) groups is 2. The summed E-state index contributed by atoms with van der Waals surface area (Å²) in [6, 6.07) is 14.5. The highest BCUT2D eigenvalue weighted by molar-refractivity contribution is 6.41. The Morgan fingerprint density at radius 1 is 0.931 bits per heavy atom. The molecule has 0 atom stereocenters. The molecule has 1 aliphatic heterocycles. The van der Waals surface area contributed by atoms with Crippen molar-refractivity contribution in [3.8, 4) is 0 Å². The van der Waals surface area contributed by atoms with Crippen molar-refractivity contribution in [3.05, 3.63) is 69.8 Å². The van der Waals surface area contributed by atoms with Gasteiger partial charge < -0.3 is 4.90 Å². The third-order valence-corrected chi connectivity index (χ3v) is 5.61. The van der Waals surface area contributed by atoms with Crippen molar-refractivity contribution in [1.82, 2.24) is 4.90 Å². The van der Waals surface area contributed by atoms with E-state index in [1.165, 1.54) is 4.90 Å². The predicted molar refractivity (Wildman–Crippen MR) is 119 cm³/mol. The van der Waals surface area contributed by atoms with E-state index in [9.17, 15) is 9.59 Å². The van der Waals surface area contributed by atoms with Crippen LogP contribution in [0.1, 0.15) is 38.2 Å². The van der Waals surface area contributed by atoms with E-state index in [2.05, 4.69) is 6.92 Å². The summed E-state index contributed by atoms with van der Waals surface area (Å²) in [6.07, 6.45) is 3.94. The molecule has 0 bridgehead atoms. The number of rotatable bonds is 8. The molecule has 0 saturated carbocycles. The van der Waals surface area contributed by atoms with Gasteiger partial charge in [0.2, 0.25) is 0 Å². The van der Waals surface area contributed by atoms with Crippen molar-refractivity contribution < 1.29 is 9.59 Å². The lowest BCUT2D eigenvalue weighted by Gasteiger charge is -2.21. The number of carbonyl (C=O) groups excluding carboxylic acids is 2. The zero-order chi connectivity index (χ0) is 21.0. The molecule has 0 spiro atoms. The molecule has 0 N–H and O–H groups in total. The van der Waals surface area contributed by atoms with Gasteiger partial charge >= 0.3 is 0 Å². The van der Waals surface area contributed by atoms with Crippen molar-refractivity contribution in [2.24, 2.45) is 0 Å². The molecule has 2 aromatic carbocycles. The van der Waals surface area contributed by atoms with Gasteiger partial charge in [0.25, 0.3) is 11.8 Å². The zero-order valence-corrected chi connectivity index (χ0v) is 18.1. The molecule has 152 valence electrons. The number of hydrogen-bond donors (Lipinski definition) is 0. The minimum atomic E-state index is -0.312. The molecule has 0 aromatic heterocycles. The molecule has 0 unspecified atom stereocenters. The van der Waals surface area contributed by atoms with Crippen LogP contribution in [0.15, 0.2) is 54.2 Å². The van der Waals surface area contributed by atoms with Crippen molar-refractivity contribution in [2.75, 3.05) is 18.5 Å². The first-order valence-corrected chi connectivity index (χ1v) is 10.6. The maximum Gasteiger partial charge on any atom is 0.278 e. The van der Waals surface area contributed by atoms with Crippen LogP contribution in [-0.2, 0) is 9.59 Å². The number of unbranched alkanes of at least 4 members (excludes halogenated alkanes) is 3. The van der Waals surface area contributed by atoms with E-state index in [0.717, 1.165) is 31.4 Å². The summed E-state index contributed by atoms with van der Waals surface area (Å²) >= 11 is 12.4. The number of nitrogens with zero attached hydrogens (tertiary/aromatic N) is 2. The molecule has 6 heteroatoms. The number of hydrogen-bond acceptors (Lipinski definition) is 3. The smallest absolute Gasteiger partial charge is 0.278 e. The third-order valence-electron chi connectivity index (χ3n) is 5.06. The second kappa shape index (κ2) is 9.47. The Labute approximate surface area is 181 Å². The lowest BCUT2D eigenvalue weighted by atomic mass is 10.0. The molecule has 29 heavy (non-hydrogen) atoms. The van der Waals surface area contributed by atoms with Crippen LogP contribution in [0.25, 0.3) is 5.57 Å². The van der Waals surface area contributed by atoms with E-state index in [-0.39, 0.29) is 11.8 Å². The summed E-state index contributed by atoms with van der Waals surface area (Å²) in [5.41, 5.74) is 1.99. The summed E-state index contributed by atoms with van der Waals surface area (Å²) in [6.45, 7) is 2.53. The number of likely N-dealkylation sites (N-methyl/N-ethyl adjacent to an activating group) is 1. The fourth-order valence-corrected chi connectivity index (χ4v) is 3.99. The summed E-state index contributed by atoms with van der Waals surface area (Å²) < 4.78 is 0. The van der Waals surface area contributed by atoms with Crippen molar-refractivity contribution in [2.45, 2.75) is 32.6 Å². The van der Waals surface area contributed by atoms with Gasteiger partial charge in [0.15, 0.2) is 0 Å². The van der Waals surface area contributed by atoms with E-state index in [1.807, 2.05) is 30.3 Å². The molecular formula is C23H24Cl2N2O2. The van der Waals surface area contributed by atoms with Crippen LogP contribution in [0, 0.1) is 0 Å². The molecule has 0 saturated heterocycles. The van der Waals surface area contributed by atoms with Gasteiger partial charge in [0.05, 0.1) is 10.6 Å². The van der Waals surface area contributed by atoms with E-state index in [1.54, 1.807) is 30.1 Å². The van der Waals surface area contributed by atoms with Gasteiger partial charge in [-0.1, -0.05) is 73.7 Å². The summed E-state index contributed by atoms with van der Waals surface area (Å²) in [5, 5.41) is 0.825. The van der Waals surface area contributed by atoms with Crippen LogP contribution in [0.4, 0.5) is 5.69 Å². The van der Waals surface area contributed by atoms with Gasteiger partial charge in [-0.3, -0.25) is 14.5 Å². The molecule has 1 heterocycles. The average Bonchev–Trinajstić information content (AvgIpc) is 2.95. The Morgan fingerprint density at radius 3 is 2.31 bits per heavy atom. The Morgan fingerprint density at radius 2 is 1.66 bits per heavy atom. The first-order chi connectivity index (χ1) is 14.0. The number of anilines is 1. The minimum absolute atomic E-state index is 0.293. The molecule has 0 aliphatic carbocycles. The fourth-order valence-electron chi connectivity index (χ4n) is 3.49. The molecule has 3 rings (SSSR count). The quantitative estimate of drug-likeness (QED) is 0.392. The topological polar surface area (TPSA) is 40.6 Å². The molecule has 4 nitrogen and oxygen atoms in total. The standard InChI is InChI=1S/C23H24Cl2N2O2/c1-3-4-5-9-14-27-22(28)20(18-13-12-16(24)15-19(18)25)21(23(27)29)26(2)17-10-7-6-8-11-17/h6-8,10-13,15H,3-5,9,14H2,1-2H3. The third kappa shape index (κ3) is 4.49. The normalized spacial score (nSPS) is 14.1. The zero-order valence-electron chi connectivity index (χ0n) is 16.6. The van der Waals surface area contributed by atoms with Gasteiger partial charge in [-0.15, -0.1) is 0 Å². The van der Waals surface area contributed by atoms with Crippen LogP contribution >= 0.6 is 23.2 Å². The largest absolute Gasteiger partial charge is 0.339 e. The van der Waals surface area contributed by atoms with E-state index in [0.29, 0.717) is 33.4 Å². The summed E-state index contributed by atoms with van der Waals surface area (Å²) in [4.78, 5) is 29.7. The van der Waals surface area contributed by atoms with Crippen LogP contribution in [0.2, 0.25) is 10.0 Å². The van der Waals surface area contributed by atoms with E-state index in [4.69, 9.17) is 23.2 Å². The van der Waals surface area contributed by atoms with Crippen LogP contribution < -0.4 is 4.90 Å². The Bertz CT molecular complexity index is 941. The van der Waals surface area contributed by atoms with Crippen LogP contribution in [0.5, 0.6) is 0 Å². The number of amides is 2. The number of para-hydroxylation sites is 1. The first-order valence-electron chi connectivity index (χ1n) is 9.80.